The molecular formula is C11H10S2. The summed E-state index contributed by atoms with van der Waals surface area (Å²) in [5.74, 6) is 0. The van der Waals surface area contributed by atoms with Crippen LogP contribution in [0.25, 0.3) is 10.1 Å². The van der Waals surface area contributed by atoms with Gasteiger partial charge in [-0.1, -0.05) is 24.4 Å². The average molecular weight is 206 g/mol. The van der Waals surface area contributed by atoms with Crippen LogP contribution in [-0.4, -0.2) is 0 Å². The van der Waals surface area contributed by atoms with Crippen LogP contribution in [0.5, 0.6) is 0 Å². The zero-order valence-electron chi connectivity index (χ0n) is 7.63. The van der Waals surface area contributed by atoms with Crippen LogP contribution in [0.15, 0.2) is 24.3 Å². The van der Waals surface area contributed by atoms with E-state index in [1.54, 1.807) is 11.3 Å². The first-order valence-corrected chi connectivity index (χ1v) is 5.40. The van der Waals surface area contributed by atoms with Crippen molar-refractivity contribution < 1.29 is 0 Å². The molecule has 0 saturated carbocycles. The van der Waals surface area contributed by atoms with Crippen LogP contribution >= 0.6 is 23.6 Å². The molecule has 13 heavy (non-hydrogen) atoms. The smallest absolute Gasteiger partial charge is 0.0908 e. The van der Waals surface area contributed by atoms with Crippen LogP contribution in [0.3, 0.4) is 0 Å². The fraction of sp³-hybridized carbons (Fsp3) is 0.182. The Hall–Kier alpha value is -0.730. The van der Waals surface area contributed by atoms with E-state index in [-0.39, 0.29) is 0 Å². The third kappa shape index (κ3) is 1.64. The van der Waals surface area contributed by atoms with Crippen molar-refractivity contribution in [2.45, 2.75) is 13.8 Å². The summed E-state index contributed by atoms with van der Waals surface area (Å²) in [6, 6.07) is 8.58. The summed E-state index contributed by atoms with van der Waals surface area (Å²) in [7, 11) is 0. The van der Waals surface area contributed by atoms with E-state index in [1.807, 2.05) is 0 Å². The number of fused-ring (bicyclic) bond motifs is 1. The van der Waals surface area contributed by atoms with E-state index >= 15 is 0 Å². The SMILES string of the molecule is Cc1ccc2c(C)cc(=S)sc2c1. The van der Waals surface area contributed by atoms with Crippen LogP contribution in [0.4, 0.5) is 0 Å². The molecule has 2 rings (SSSR count). The molecule has 0 saturated heterocycles. The van der Waals surface area contributed by atoms with E-state index in [0.717, 1.165) is 3.82 Å². The van der Waals surface area contributed by atoms with Gasteiger partial charge in [0.25, 0.3) is 0 Å². The minimum atomic E-state index is 0.968. The van der Waals surface area contributed by atoms with Crippen molar-refractivity contribution in [3.8, 4) is 0 Å². The summed E-state index contributed by atoms with van der Waals surface area (Å²) in [5.41, 5.74) is 2.57. The summed E-state index contributed by atoms with van der Waals surface area (Å²) in [4.78, 5) is 0. The maximum absolute atomic E-state index is 5.19. The first-order chi connectivity index (χ1) is 6.16. The Morgan fingerprint density at radius 3 is 2.69 bits per heavy atom. The summed E-state index contributed by atoms with van der Waals surface area (Å²) < 4.78 is 2.26. The number of hydrogen-bond donors (Lipinski definition) is 0. The van der Waals surface area contributed by atoms with Crippen LogP contribution < -0.4 is 0 Å². The number of rotatable bonds is 0. The molecule has 0 unspecified atom stereocenters. The molecule has 66 valence electrons. The lowest BCUT2D eigenvalue weighted by Crippen LogP contribution is -1.77. The van der Waals surface area contributed by atoms with E-state index in [1.165, 1.54) is 21.2 Å². The van der Waals surface area contributed by atoms with E-state index in [4.69, 9.17) is 12.2 Å². The highest BCUT2D eigenvalue weighted by Gasteiger charge is 1.97. The van der Waals surface area contributed by atoms with Gasteiger partial charge < -0.3 is 0 Å². The molecule has 0 amide bonds. The summed E-state index contributed by atoms with van der Waals surface area (Å²) in [6.07, 6.45) is 0. The van der Waals surface area contributed by atoms with Crippen molar-refractivity contribution in [2.75, 3.05) is 0 Å². The predicted molar refractivity (Wildman–Crippen MR) is 62.1 cm³/mol. The van der Waals surface area contributed by atoms with Crippen LogP contribution in [0.1, 0.15) is 11.1 Å². The van der Waals surface area contributed by atoms with Gasteiger partial charge in [-0.3, -0.25) is 0 Å². The van der Waals surface area contributed by atoms with Crippen molar-refractivity contribution in [3.05, 3.63) is 39.2 Å². The third-order valence-corrected chi connectivity index (χ3v) is 3.35. The zero-order chi connectivity index (χ0) is 9.42. The molecule has 0 aliphatic carbocycles. The topological polar surface area (TPSA) is 0 Å². The monoisotopic (exact) mass is 206 g/mol. The van der Waals surface area contributed by atoms with Gasteiger partial charge >= 0.3 is 0 Å². The zero-order valence-corrected chi connectivity index (χ0v) is 9.26. The highest BCUT2D eigenvalue weighted by atomic mass is 32.1. The molecule has 1 aromatic carbocycles. The molecule has 0 aliphatic rings. The Kier molecular flexibility index (Phi) is 2.18. The van der Waals surface area contributed by atoms with Gasteiger partial charge in [-0.15, -0.1) is 11.3 Å². The minimum Gasteiger partial charge on any atom is -0.124 e. The van der Waals surface area contributed by atoms with Crippen LogP contribution in [0.2, 0.25) is 0 Å². The number of hydrogen-bond acceptors (Lipinski definition) is 2. The largest absolute Gasteiger partial charge is 0.124 e. The van der Waals surface area contributed by atoms with Crippen LogP contribution in [0, 0.1) is 17.7 Å². The maximum atomic E-state index is 5.19. The first kappa shape index (κ1) is 8.85. The molecule has 0 nitrogen and oxygen atoms in total. The van der Waals surface area contributed by atoms with Gasteiger partial charge in [0.2, 0.25) is 0 Å². The molecule has 0 atom stereocenters. The average Bonchev–Trinajstić information content (AvgIpc) is 2.02. The fourth-order valence-electron chi connectivity index (χ4n) is 1.43. The van der Waals surface area contributed by atoms with Crippen molar-refractivity contribution in [3.63, 3.8) is 0 Å². The van der Waals surface area contributed by atoms with Crippen molar-refractivity contribution in [1.29, 1.82) is 0 Å². The Bertz CT molecular complexity index is 509. The molecule has 2 aromatic rings. The third-order valence-electron chi connectivity index (χ3n) is 2.11. The summed E-state index contributed by atoms with van der Waals surface area (Å²) in [6.45, 7) is 4.22. The number of aryl methyl sites for hydroxylation is 2. The molecular weight excluding hydrogens is 196 g/mol. The molecule has 2 heteroatoms. The van der Waals surface area contributed by atoms with Crippen molar-refractivity contribution in [2.24, 2.45) is 0 Å². The van der Waals surface area contributed by atoms with Gasteiger partial charge in [-0.25, -0.2) is 0 Å². The van der Waals surface area contributed by atoms with Crippen molar-refractivity contribution >= 4 is 33.6 Å². The highest BCUT2D eigenvalue weighted by Crippen LogP contribution is 2.24. The van der Waals surface area contributed by atoms with Crippen molar-refractivity contribution in [1.82, 2.24) is 0 Å². The standard InChI is InChI=1S/C11H10S2/c1-7-3-4-9-8(2)6-11(12)13-10(9)5-7/h3-6H,1-2H3. The molecule has 0 N–H and O–H groups in total. The Morgan fingerprint density at radius 2 is 1.92 bits per heavy atom. The second-order valence-electron chi connectivity index (χ2n) is 3.25. The van der Waals surface area contributed by atoms with E-state index < -0.39 is 0 Å². The normalized spacial score (nSPS) is 10.6. The lowest BCUT2D eigenvalue weighted by molar-refractivity contribution is 1.49. The maximum Gasteiger partial charge on any atom is 0.0908 e. The van der Waals surface area contributed by atoms with E-state index in [0.29, 0.717) is 0 Å². The fourth-order valence-corrected chi connectivity index (χ4v) is 2.91. The molecule has 0 fully saturated rings. The van der Waals surface area contributed by atoms with Gasteiger partial charge in [0.05, 0.1) is 3.82 Å². The second kappa shape index (κ2) is 3.20. The van der Waals surface area contributed by atoms with Gasteiger partial charge in [-0.2, -0.15) is 0 Å². The van der Waals surface area contributed by atoms with Gasteiger partial charge in [0.1, 0.15) is 0 Å². The molecule has 1 heterocycles. The van der Waals surface area contributed by atoms with Gasteiger partial charge in [0.15, 0.2) is 0 Å². The molecule has 0 aliphatic heterocycles. The predicted octanol–water partition coefficient (Wildman–Crippen LogP) is 4.25. The minimum absolute atomic E-state index is 0.968. The second-order valence-corrected chi connectivity index (χ2v) is 5.03. The summed E-state index contributed by atoms with van der Waals surface area (Å²) in [5, 5.41) is 1.32. The van der Waals surface area contributed by atoms with E-state index in [2.05, 4.69) is 38.1 Å². The molecule has 0 radical (unpaired) electrons. The Balaban J connectivity index is 2.94. The summed E-state index contributed by atoms with van der Waals surface area (Å²) >= 11 is 6.87. The number of benzene rings is 1. The Labute approximate surface area is 86.9 Å². The first-order valence-electron chi connectivity index (χ1n) is 4.18. The van der Waals surface area contributed by atoms with Crippen LogP contribution in [-0.2, 0) is 0 Å². The van der Waals surface area contributed by atoms with Gasteiger partial charge in [-0.05, 0) is 42.5 Å². The highest BCUT2D eigenvalue weighted by molar-refractivity contribution is 7.73. The molecule has 1 aromatic heterocycles. The van der Waals surface area contributed by atoms with Gasteiger partial charge in [0, 0.05) is 4.70 Å². The van der Waals surface area contributed by atoms with E-state index in [9.17, 15) is 0 Å². The Morgan fingerprint density at radius 1 is 1.15 bits per heavy atom. The quantitative estimate of drug-likeness (QED) is 0.581. The molecule has 0 bridgehead atoms. The molecule has 0 spiro atoms. The lowest BCUT2D eigenvalue weighted by Gasteiger charge is -2.01. The lowest BCUT2D eigenvalue weighted by atomic mass is 10.1.